The van der Waals surface area contributed by atoms with Crippen LogP contribution < -0.4 is 16.0 Å². The van der Waals surface area contributed by atoms with Gasteiger partial charge in [-0.15, -0.1) is 24.0 Å². The summed E-state index contributed by atoms with van der Waals surface area (Å²) in [5.41, 5.74) is 1.86. The van der Waals surface area contributed by atoms with Crippen molar-refractivity contribution in [3.63, 3.8) is 0 Å². The van der Waals surface area contributed by atoms with Gasteiger partial charge in [-0.2, -0.15) is 0 Å². The van der Waals surface area contributed by atoms with E-state index in [0.29, 0.717) is 12.5 Å². The summed E-state index contributed by atoms with van der Waals surface area (Å²) in [5, 5.41) is 9.31. The maximum Gasteiger partial charge on any atom is 0.221 e. The Balaban J connectivity index is 0.00000441. The van der Waals surface area contributed by atoms with Crippen molar-refractivity contribution in [2.45, 2.75) is 34.2 Å². The highest BCUT2D eigenvalue weighted by atomic mass is 127. The summed E-state index contributed by atoms with van der Waals surface area (Å²) in [6.07, 6.45) is 0. The fraction of sp³-hybridized carbons (Fsp3) is 0.500. The maximum absolute atomic E-state index is 11.1. The summed E-state index contributed by atoms with van der Waals surface area (Å²) < 4.78 is 0. The molecule has 5 nitrogen and oxygen atoms in total. The van der Waals surface area contributed by atoms with E-state index in [9.17, 15) is 4.79 Å². The molecule has 0 fully saturated rings. The van der Waals surface area contributed by atoms with Crippen LogP contribution in [0.25, 0.3) is 0 Å². The Morgan fingerprint density at radius 2 is 2.00 bits per heavy atom. The van der Waals surface area contributed by atoms with Crippen molar-refractivity contribution in [3.8, 4) is 0 Å². The molecule has 0 atom stereocenters. The Hall–Kier alpha value is -1.31. The predicted molar refractivity (Wildman–Crippen MR) is 104 cm³/mol. The average molecular weight is 418 g/mol. The van der Waals surface area contributed by atoms with E-state index in [1.54, 1.807) is 0 Å². The second kappa shape index (κ2) is 11.3. The molecule has 0 aliphatic rings. The number of nitrogens with zero attached hydrogens (tertiary/aromatic N) is 1. The van der Waals surface area contributed by atoms with E-state index >= 15 is 0 Å². The number of nitrogens with one attached hydrogen (secondary N) is 3. The lowest BCUT2D eigenvalue weighted by molar-refractivity contribution is -0.114. The molecular weight excluding hydrogens is 391 g/mol. The molecule has 1 aromatic rings. The Bertz CT molecular complexity index is 489. The predicted octanol–water partition coefficient (Wildman–Crippen LogP) is 2.97. The summed E-state index contributed by atoms with van der Waals surface area (Å²) in [7, 11) is 0. The van der Waals surface area contributed by atoms with Gasteiger partial charge in [0.05, 0.1) is 6.54 Å². The van der Waals surface area contributed by atoms with E-state index in [1.165, 1.54) is 6.92 Å². The van der Waals surface area contributed by atoms with E-state index in [2.05, 4.69) is 34.8 Å². The Labute approximate surface area is 150 Å². The zero-order valence-electron chi connectivity index (χ0n) is 13.8. The molecule has 1 aromatic carbocycles. The lowest BCUT2D eigenvalue weighted by Gasteiger charge is -2.13. The van der Waals surface area contributed by atoms with Crippen LogP contribution in [0.1, 0.15) is 33.3 Å². The molecule has 0 saturated carbocycles. The zero-order valence-corrected chi connectivity index (χ0v) is 16.1. The molecule has 0 radical (unpaired) electrons. The van der Waals surface area contributed by atoms with Crippen LogP contribution in [-0.2, 0) is 11.3 Å². The van der Waals surface area contributed by atoms with Gasteiger partial charge in [0.25, 0.3) is 0 Å². The first-order valence-electron chi connectivity index (χ1n) is 7.40. The number of guanidine groups is 1. The van der Waals surface area contributed by atoms with Crippen LogP contribution in [-0.4, -0.2) is 25.0 Å². The highest BCUT2D eigenvalue weighted by molar-refractivity contribution is 14.0. The van der Waals surface area contributed by atoms with Crippen LogP contribution in [0.5, 0.6) is 0 Å². The minimum atomic E-state index is -0.0670. The number of hydrogen-bond acceptors (Lipinski definition) is 2. The quantitative estimate of drug-likeness (QED) is 0.378. The van der Waals surface area contributed by atoms with Gasteiger partial charge in [-0.1, -0.05) is 26.0 Å². The molecule has 6 heteroatoms. The van der Waals surface area contributed by atoms with E-state index < -0.39 is 0 Å². The van der Waals surface area contributed by atoms with Crippen molar-refractivity contribution < 1.29 is 4.79 Å². The number of carbonyl (C=O) groups excluding carboxylic acids is 1. The lowest BCUT2D eigenvalue weighted by Crippen LogP contribution is -2.39. The Morgan fingerprint density at radius 1 is 1.27 bits per heavy atom. The van der Waals surface area contributed by atoms with E-state index in [4.69, 9.17) is 0 Å². The molecule has 22 heavy (non-hydrogen) atoms. The van der Waals surface area contributed by atoms with Crippen molar-refractivity contribution >= 4 is 41.5 Å². The normalized spacial score (nSPS) is 10.9. The maximum atomic E-state index is 11.1. The van der Waals surface area contributed by atoms with Crippen molar-refractivity contribution in [2.24, 2.45) is 10.9 Å². The number of rotatable bonds is 6. The minimum Gasteiger partial charge on any atom is -0.357 e. The molecule has 1 rings (SSSR count). The standard InChI is InChI=1S/C16H26N4O.HI/c1-5-17-16(18-10-12(2)3)19-11-14-7-6-8-15(9-14)20-13(4)21;/h6-9,12H,5,10-11H2,1-4H3,(H,20,21)(H2,17,18,19);1H. The molecule has 3 N–H and O–H groups in total. The largest absolute Gasteiger partial charge is 0.357 e. The third-order valence-electron chi connectivity index (χ3n) is 2.69. The van der Waals surface area contributed by atoms with E-state index in [-0.39, 0.29) is 29.9 Å². The number of amides is 1. The fourth-order valence-electron chi connectivity index (χ4n) is 1.76. The fourth-order valence-corrected chi connectivity index (χ4v) is 1.76. The molecule has 0 aliphatic carbocycles. The minimum absolute atomic E-state index is 0. The summed E-state index contributed by atoms with van der Waals surface area (Å²) in [4.78, 5) is 15.6. The van der Waals surface area contributed by atoms with Crippen LogP contribution in [0.2, 0.25) is 0 Å². The van der Waals surface area contributed by atoms with Crippen LogP contribution in [0, 0.1) is 5.92 Å². The molecule has 0 heterocycles. The van der Waals surface area contributed by atoms with E-state index in [0.717, 1.165) is 30.3 Å². The third-order valence-corrected chi connectivity index (χ3v) is 2.69. The molecule has 0 unspecified atom stereocenters. The molecule has 0 spiro atoms. The van der Waals surface area contributed by atoms with Gasteiger partial charge in [-0.3, -0.25) is 4.79 Å². The van der Waals surface area contributed by atoms with Crippen LogP contribution >= 0.6 is 24.0 Å². The van der Waals surface area contributed by atoms with E-state index in [1.807, 2.05) is 31.2 Å². The number of aliphatic imine (C=N–C) groups is 1. The number of halogens is 1. The molecule has 1 amide bonds. The number of benzene rings is 1. The summed E-state index contributed by atoms with van der Waals surface area (Å²) in [6.45, 7) is 10.2. The summed E-state index contributed by atoms with van der Waals surface area (Å²) in [5.74, 6) is 1.32. The zero-order chi connectivity index (χ0) is 15.7. The molecule has 0 aromatic heterocycles. The first kappa shape index (κ1) is 20.7. The van der Waals surface area contributed by atoms with Gasteiger partial charge >= 0.3 is 0 Å². The van der Waals surface area contributed by atoms with Crippen molar-refractivity contribution in [1.82, 2.24) is 10.6 Å². The smallest absolute Gasteiger partial charge is 0.221 e. The highest BCUT2D eigenvalue weighted by Gasteiger charge is 2.01. The first-order chi connectivity index (χ1) is 10.0. The SMILES string of the molecule is CCNC(=NCc1cccc(NC(C)=O)c1)NCC(C)C.I. The van der Waals surface area contributed by atoms with Gasteiger partial charge in [-0.05, 0) is 30.5 Å². The molecule has 0 saturated heterocycles. The molecule has 124 valence electrons. The highest BCUT2D eigenvalue weighted by Crippen LogP contribution is 2.11. The molecule has 0 aliphatic heterocycles. The van der Waals surface area contributed by atoms with Crippen LogP contribution in [0.4, 0.5) is 5.69 Å². The summed E-state index contributed by atoms with van der Waals surface area (Å²) >= 11 is 0. The Morgan fingerprint density at radius 3 is 2.59 bits per heavy atom. The number of hydrogen-bond donors (Lipinski definition) is 3. The lowest BCUT2D eigenvalue weighted by atomic mass is 10.2. The van der Waals surface area contributed by atoms with Gasteiger partial charge in [-0.25, -0.2) is 4.99 Å². The van der Waals surface area contributed by atoms with Gasteiger partial charge in [0, 0.05) is 25.7 Å². The van der Waals surface area contributed by atoms with Gasteiger partial charge in [0.1, 0.15) is 0 Å². The average Bonchev–Trinajstić information content (AvgIpc) is 2.41. The summed E-state index contributed by atoms with van der Waals surface area (Å²) in [6, 6.07) is 7.74. The van der Waals surface area contributed by atoms with Crippen molar-refractivity contribution in [2.75, 3.05) is 18.4 Å². The number of carbonyl (C=O) groups is 1. The van der Waals surface area contributed by atoms with Crippen LogP contribution in [0.15, 0.2) is 29.3 Å². The topological polar surface area (TPSA) is 65.5 Å². The molecule has 0 bridgehead atoms. The second-order valence-corrected chi connectivity index (χ2v) is 5.35. The monoisotopic (exact) mass is 418 g/mol. The van der Waals surface area contributed by atoms with Gasteiger partial charge < -0.3 is 16.0 Å². The molecular formula is C16H27IN4O. The Kier molecular flexibility index (Phi) is 10.6. The number of anilines is 1. The van der Waals surface area contributed by atoms with Crippen LogP contribution in [0.3, 0.4) is 0 Å². The van der Waals surface area contributed by atoms with Crippen molar-refractivity contribution in [1.29, 1.82) is 0 Å². The first-order valence-corrected chi connectivity index (χ1v) is 7.40. The second-order valence-electron chi connectivity index (χ2n) is 5.35. The van der Waals surface area contributed by atoms with Gasteiger partial charge in [0.2, 0.25) is 5.91 Å². The third kappa shape index (κ3) is 8.86. The van der Waals surface area contributed by atoms with Gasteiger partial charge in [0.15, 0.2) is 5.96 Å². The van der Waals surface area contributed by atoms with Crippen molar-refractivity contribution in [3.05, 3.63) is 29.8 Å².